The zero-order valence-electron chi connectivity index (χ0n) is 13.2. The maximum atomic E-state index is 12.2. The molecule has 2 heterocycles. The number of amides is 1. The largest absolute Gasteiger partial charge is 0.350 e. The first-order valence-electron chi connectivity index (χ1n) is 7.04. The van der Waals surface area contributed by atoms with E-state index in [1.807, 2.05) is 34.7 Å². The number of pyridine rings is 1. The van der Waals surface area contributed by atoms with Crippen molar-refractivity contribution >= 4 is 17.0 Å². The maximum absolute atomic E-state index is 12.2. The van der Waals surface area contributed by atoms with Crippen LogP contribution in [-0.4, -0.2) is 35.7 Å². The molecule has 0 bridgehead atoms. The molecule has 114 valence electrons. The Morgan fingerprint density at radius 3 is 2.76 bits per heavy atom. The van der Waals surface area contributed by atoms with E-state index >= 15 is 0 Å². The molecule has 2 N–H and O–H groups in total. The predicted molar refractivity (Wildman–Crippen MR) is 81.4 cm³/mol. The first-order valence-corrected chi connectivity index (χ1v) is 7.04. The number of likely N-dealkylation sites (N-methyl/N-ethyl adjacent to an activating group) is 1. The molecule has 1 atom stereocenters. The summed E-state index contributed by atoms with van der Waals surface area (Å²) < 4.78 is 5.22. The molecule has 0 aliphatic carbocycles. The second kappa shape index (κ2) is 5.81. The highest BCUT2D eigenvalue weighted by Crippen LogP contribution is 2.28. The normalized spacial score (nSPS) is 13.4. The van der Waals surface area contributed by atoms with E-state index in [0.717, 1.165) is 11.1 Å². The van der Waals surface area contributed by atoms with E-state index < -0.39 is 0 Å². The van der Waals surface area contributed by atoms with Gasteiger partial charge in [0.05, 0.1) is 16.6 Å². The third-order valence-corrected chi connectivity index (χ3v) is 3.36. The van der Waals surface area contributed by atoms with Crippen molar-refractivity contribution in [2.24, 2.45) is 0 Å². The van der Waals surface area contributed by atoms with Crippen molar-refractivity contribution in [1.82, 2.24) is 20.8 Å². The van der Waals surface area contributed by atoms with Gasteiger partial charge in [-0.15, -0.1) is 0 Å². The molecule has 1 amide bonds. The van der Waals surface area contributed by atoms with Gasteiger partial charge >= 0.3 is 0 Å². The Morgan fingerprint density at radius 2 is 2.14 bits per heavy atom. The molecule has 0 aromatic carbocycles. The SMILES string of the molecule is CNC(C)CNC(=O)c1cnc2onc(C(C)(C)C)c2c1. The molecule has 0 radical (unpaired) electrons. The van der Waals surface area contributed by atoms with Crippen molar-refractivity contribution in [2.75, 3.05) is 13.6 Å². The number of nitrogens with zero attached hydrogens (tertiary/aromatic N) is 2. The zero-order chi connectivity index (χ0) is 15.6. The summed E-state index contributed by atoms with van der Waals surface area (Å²) in [5.74, 6) is -0.146. The van der Waals surface area contributed by atoms with Crippen LogP contribution in [0.1, 0.15) is 43.7 Å². The van der Waals surface area contributed by atoms with Crippen molar-refractivity contribution in [3.8, 4) is 0 Å². The number of hydrogen-bond acceptors (Lipinski definition) is 5. The van der Waals surface area contributed by atoms with Gasteiger partial charge in [-0.05, 0) is 20.0 Å². The minimum Gasteiger partial charge on any atom is -0.350 e. The Hall–Kier alpha value is -1.95. The lowest BCUT2D eigenvalue weighted by atomic mass is 9.90. The predicted octanol–water partition coefficient (Wildman–Crippen LogP) is 1.86. The maximum Gasteiger partial charge on any atom is 0.257 e. The number of hydrogen-bond donors (Lipinski definition) is 2. The van der Waals surface area contributed by atoms with Gasteiger partial charge in [-0.2, -0.15) is 0 Å². The standard InChI is InChI=1S/C15H22N4O2/c1-9(16-5)7-17-13(20)10-6-11-12(15(2,3)4)19-21-14(11)18-8-10/h6,8-9,16H,7H2,1-5H3,(H,17,20). The first-order chi connectivity index (χ1) is 9.82. The van der Waals surface area contributed by atoms with Gasteiger partial charge in [0.15, 0.2) is 0 Å². The van der Waals surface area contributed by atoms with Crippen molar-refractivity contribution < 1.29 is 9.32 Å². The molecule has 21 heavy (non-hydrogen) atoms. The van der Waals surface area contributed by atoms with E-state index in [1.54, 1.807) is 6.07 Å². The molecule has 2 aromatic heterocycles. The van der Waals surface area contributed by atoms with Gasteiger partial charge < -0.3 is 15.2 Å². The summed E-state index contributed by atoms with van der Waals surface area (Å²) in [5.41, 5.74) is 1.62. The number of rotatable bonds is 4. The molecule has 6 heteroatoms. The highest BCUT2D eigenvalue weighted by atomic mass is 16.5. The third-order valence-electron chi connectivity index (χ3n) is 3.36. The minimum absolute atomic E-state index is 0.146. The molecule has 0 saturated heterocycles. The van der Waals surface area contributed by atoms with Crippen LogP contribution in [0.2, 0.25) is 0 Å². The van der Waals surface area contributed by atoms with E-state index in [4.69, 9.17) is 4.52 Å². The van der Waals surface area contributed by atoms with Crippen LogP contribution in [0, 0.1) is 0 Å². The Morgan fingerprint density at radius 1 is 1.43 bits per heavy atom. The van der Waals surface area contributed by atoms with E-state index in [-0.39, 0.29) is 17.4 Å². The van der Waals surface area contributed by atoms with Crippen LogP contribution in [0.4, 0.5) is 0 Å². The van der Waals surface area contributed by atoms with Gasteiger partial charge in [0.25, 0.3) is 11.6 Å². The van der Waals surface area contributed by atoms with Crippen LogP contribution in [0.15, 0.2) is 16.8 Å². The number of fused-ring (bicyclic) bond motifs is 1. The molecular weight excluding hydrogens is 268 g/mol. The molecule has 2 aromatic rings. The highest BCUT2D eigenvalue weighted by Gasteiger charge is 2.23. The number of nitrogens with one attached hydrogen (secondary N) is 2. The monoisotopic (exact) mass is 290 g/mol. The van der Waals surface area contributed by atoms with Crippen LogP contribution in [0.5, 0.6) is 0 Å². The second-order valence-corrected chi connectivity index (χ2v) is 6.26. The van der Waals surface area contributed by atoms with Gasteiger partial charge in [0, 0.05) is 24.2 Å². The fourth-order valence-electron chi connectivity index (χ4n) is 1.95. The summed E-state index contributed by atoms with van der Waals surface area (Å²) >= 11 is 0. The summed E-state index contributed by atoms with van der Waals surface area (Å²) in [6.45, 7) is 8.70. The Bertz CT molecular complexity index is 643. The van der Waals surface area contributed by atoms with E-state index in [1.165, 1.54) is 6.20 Å². The van der Waals surface area contributed by atoms with Crippen LogP contribution >= 0.6 is 0 Å². The molecule has 0 aliphatic rings. The quantitative estimate of drug-likeness (QED) is 0.898. The molecule has 6 nitrogen and oxygen atoms in total. The average Bonchev–Trinajstić information content (AvgIpc) is 2.87. The van der Waals surface area contributed by atoms with Crippen LogP contribution in [0.3, 0.4) is 0 Å². The van der Waals surface area contributed by atoms with Crippen molar-refractivity contribution in [3.63, 3.8) is 0 Å². The fourth-order valence-corrected chi connectivity index (χ4v) is 1.95. The van der Waals surface area contributed by atoms with Crippen LogP contribution < -0.4 is 10.6 Å². The van der Waals surface area contributed by atoms with Gasteiger partial charge in [-0.25, -0.2) is 4.98 Å². The van der Waals surface area contributed by atoms with Crippen LogP contribution in [0.25, 0.3) is 11.1 Å². The molecule has 0 fully saturated rings. The van der Waals surface area contributed by atoms with Gasteiger partial charge in [-0.1, -0.05) is 25.9 Å². The lowest BCUT2D eigenvalue weighted by molar-refractivity contribution is 0.0950. The Balaban J connectivity index is 2.27. The van der Waals surface area contributed by atoms with Crippen LogP contribution in [-0.2, 0) is 5.41 Å². The van der Waals surface area contributed by atoms with E-state index in [2.05, 4.69) is 20.8 Å². The highest BCUT2D eigenvalue weighted by molar-refractivity contribution is 5.97. The summed E-state index contributed by atoms with van der Waals surface area (Å²) in [4.78, 5) is 16.3. The topological polar surface area (TPSA) is 80.0 Å². The molecule has 0 spiro atoms. The fraction of sp³-hybridized carbons (Fsp3) is 0.533. The van der Waals surface area contributed by atoms with Gasteiger partial charge in [-0.3, -0.25) is 4.79 Å². The molecule has 0 aliphatic heterocycles. The van der Waals surface area contributed by atoms with Crippen molar-refractivity contribution in [3.05, 3.63) is 23.5 Å². The number of carbonyl (C=O) groups is 1. The van der Waals surface area contributed by atoms with E-state index in [9.17, 15) is 4.79 Å². The molecule has 2 rings (SSSR count). The first kappa shape index (κ1) is 15.4. The summed E-state index contributed by atoms with van der Waals surface area (Å²) in [6, 6.07) is 2.00. The molecule has 0 saturated carbocycles. The summed E-state index contributed by atoms with van der Waals surface area (Å²) in [5, 5.41) is 10.8. The lowest BCUT2D eigenvalue weighted by Gasteiger charge is -2.14. The third kappa shape index (κ3) is 3.39. The van der Waals surface area contributed by atoms with Crippen molar-refractivity contribution in [2.45, 2.75) is 39.2 Å². The van der Waals surface area contributed by atoms with Gasteiger partial charge in [0.1, 0.15) is 0 Å². The molecule has 1 unspecified atom stereocenters. The minimum atomic E-state index is -0.164. The molecular formula is C15H22N4O2. The number of aromatic nitrogens is 2. The zero-order valence-corrected chi connectivity index (χ0v) is 13.2. The van der Waals surface area contributed by atoms with E-state index in [0.29, 0.717) is 17.8 Å². The smallest absolute Gasteiger partial charge is 0.257 e. The lowest BCUT2D eigenvalue weighted by Crippen LogP contribution is -2.37. The van der Waals surface area contributed by atoms with Gasteiger partial charge in [0.2, 0.25) is 0 Å². The number of carbonyl (C=O) groups excluding carboxylic acids is 1. The summed E-state index contributed by atoms with van der Waals surface area (Å²) in [6.07, 6.45) is 1.51. The Labute approximate surface area is 124 Å². The summed E-state index contributed by atoms with van der Waals surface area (Å²) in [7, 11) is 1.86. The Kier molecular flexibility index (Phi) is 4.27. The average molecular weight is 290 g/mol. The van der Waals surface area contributed by atoms with Crippen molar-refractivity contribution in [1.29, 1.82) is 0 Å². The second-order valence-electron chi connectivity index (χ2n) is 6.26.